The van der Waals surface area contributed by atoms with Gasteiger partial charge in [-0.1, -0.05) is 23.7 Å². The second kappa shape index (κ2) is 7.44. The summed E-state index contributed by atoms with van der Waals surface area (Å²) in [5.41, 5.74) is 0.333. The molecular weight excluding hydrogens is 334 g/mol. The van der Waals surface area contributed by atoms with E-state index >= 15 is 0 Å². The Hall–Kier alpha value is -3.11. The van der Waals surface area contributed by atoms with Gasteiger partial charge in [-0.15, -0.1) is 0 Å². The van der Waals surface area contributed by atoms with Crippen LogP contribution in [0.25, 0.3) is 0 Å². The van der Waals surface area contributed by atoms with Crippen LogP contribution in [0.15, 0.2) is 42.5 Å². The van der Waals surface area contributed by atoms with E-state index < -0.39 is 10.8 Å². The highest BCUT2D eigenvalue weighted by atomic mass is 35.5. The molecule has 0 saturated carbocycles. The van der Waals surface area contributed by atoms with Crippen LogP contribution in [0.4, 0.5) is 11.4 Å². The van der Waals surface area contributed by atoms with Gasteiger partial charge < -0.3 is 9.64 Å². The number of nitrogens with zero attached hydrogens (tertiary/aromatic N) is 3. The number of halogens is 1. The topological polar surface area (TPSA) is 96.5 Å². The molecule has 2 rings (SSSR count). The van der Waals surface area contributed by atoms with Crippen LogP contribution >= 0.6 is 11.6 Å². The lowest BCUT2D eigenvalue weighted by atomic mass is 10.2. The van der Waals surface area contributed by atoms with Gasteiger partial charge in [-0.3, -0.25) is 14.9 Å². The van der Waals surface area contributed by atoms with E-state index in [1.807, 2.05) is 6.07 Å². The Morgan fingerprint density at radius 2 is 2.08 bits per heavy atom. The number of carbonyl (C=O) groups excluding carboxylic acids is 1. The van der Waals surface area contributed by atoms with E-state index in [0.29, 0.717) is 5.56 Å². The molecule has 122 valence electrons. The van der Waals surface area contributed by atoms with Gasteiger partial charge in [0.1, 0.15) is 11.8 Å². The standard InChI is InChI=1S/C16H12ClN3O4/c1-19(14-8-12(20(22)23)6-7-13(14)17)16(21)10-24-15-5-3-2-4-11(15)9-18/h2-8H,10H2,1H3. The van der Waals surface area contributed by atoms with Gasteiger partial charge in [-0.25, -0.2) is 0 Å². The molecule has 7 nitrogen and oxygen atoms in total. The van der Waals surface area contributed by atoms with Crippen molar-refractivity contribution in [1.29, 1.82) is 5.26 Å². The highest BCUT2D eigenvalue weighted by molar-refractivity contribution is 6.33. The van der Waals surface area contributed by atoms with Crippen molar-refractivity contribution in [3.05, 3.63) is 63.2 Å². The third-order valence-electron chi connectivity index (χ3n) is 3.23. The van der Waals surface area contributed by atoms with Crippen molar-refractivity contribution in [2.24, 2.45) is 0 Å². The minimum atomic E-state index is -0.572. The molecule has 0 N–H and O–H groups in total. The maximum absolute atomic E-state index is 12.2. The molecule has 0 spiro atoms. The van der Waals surface area contributed by atoms with Gasteiger partial charge in [0, 0.05) is 19.2 Å². The molecule has 8 heteroatoms. The first-order valence-corrected chi connectivity index (χ1v) is 7.14. The SMILES string of the molecule is CN(C(=O)COc1ccccc1C#N)c1cc([N+](=O)[O-])ccc1Cl. The lowest BCUT2D eigenvalue weighted by Gasteiger charge is -2.19. The van der Waals surface area contributed by atoms with Gasteiger partial charge in [0.05, 0.1) is 21.2 Å². The number of benzene rings is 2. The number of nitriles is 1. The van der Waals surface area contributed by atoms with E-state index in [1.54, 1.807) is 24.3 Å². The molecule has 24 heavy (non-hydrogen) atoms. The molecule has 2 aromatic rings. The summed E-state index contributed by atoms with van der Waals surface area (Å²) in [5, 5.41) is 20.0. The first-order valence-electron chi connectivity index (χ1n) is 6.76. The fourth-order valence-electron chi connectivity index (χ4n) is 1.93. The molecule has 0 aliphatic heterocycles. The average molecular weight is 346 g/mol. The third kappa shape index (κ3) is 3.80. The number of carbonyl (C=O) groups is 1. The smallest absolute Gasteiger partial charge is 0.271 e. The van der Waals surface area contributed by atoms with Crippen LogP contribution in [0.5, 0.6) is 5.75 Å². The van der Waals surface area contributed by atoms with Crippen LogP contribution in [-0.4, -0.2) is 24.5 Å². The summed E-state index contributed by atoms with van der Waals surface area (Å²) >= 11 is 6.00. The predicted molar refractivity (Wildman–Crippen MR) is 88.2 cm³/mol. The molecule has 1 amide bonds. The fourth-order valence-corrected chi connectivity index (χ4v) is 2.17. The van der Waals surface area contributed by atoms with E-state index in [0.717, 1.165) is 0 Å². The van der Waals surface area contributed by atoms with Gasteiger partial charge in [-0.2, -0.15) is 5.26 Å². The largest absolute Gasteiger partial charge is 0.482 e. The number of nitro groups is 1. The number of nitro benzene ring substituents is 1. The first kappa shape index (κ1) is 17.2. The van der Waals surface area contributed by atoms with Crippen molar-refractivity contribution >= 4 is 28.9 Å². The van der Waals surface area contributed by atoms with Crippen LogP contribution in [0, 0.1) is 21.4 Å². The maximum Gasteiger partial charge on any atom is 0.271 e. The third-order valence-corrected chi connectivity index (χ3v) is 3.55. The Kier molecular flexibility index (Phi) is 5.35. The predicted octanol–water partition coefficient (Wildman–Crippen LogP) is 3.16. The summed E-state index contributed by atoms with van der Waals surface area (Å²) in [7, 11) is 1.44. The lowest BCUT2D eigenvalue weighted by Crippen LogP contribution is -2.31. The molecule has 0 atom stereocenters. The average Bonchev–Trinajstić information content (AvgIpc) is 2.59. The molecule has 0 aliphatic rings. The molecule has 0 aromatic heterocycles. The van der Waals surface area contributed by atoms with Gasteiger partial charge in [0.25, 0.3) is 11.6 Å². The van der Waals surface area contributed by atoms with E-state index in [-0.39, 0.29) is 28.8 Å². The Morgan fingerprint density at radius 3 is 2.75 bits per heavy atom. The van der Waals surface area contributed by atoms with Crippen LogP contribution in [0.3, 0.4) is 0 Å². The Labute approximate surface area is 142 Å². The van der Waals surface area contributed by atoms with Gasteiger partial charge in [0.2, 0.25) is 0 Å². The number of ether oxygens (including phenoxy) is 1. The molecule has 2 aromatic carbocycles. The van der Waals surface area contributed by atoms with Crippen molar-refractivity contribution in [3.8, 4) is 11.8 Å². The van der Waals surface area contributed by atoms with Gasteiger partial charge in [-0.05, 0) is 18.2 Å². The highest BCUT2D eigenvalue weighted by Gasteiger charge is 2.18. The van der Waals surface area contributed by atoms with E-state index in [1.165, 1.54) is 30.1 Å². The van der Waals surface area contributed by atoms with Crippen molar-refractivity contribution in [3.63, 3.8) is 0 Å². The molecule has 0 bridgehead atoms. The normalized spacial score (nSPS) is 9.88. The summed E-state index contributed by atoms with van der Waals surface area (Å²) < 4.78 is 5.36. The van der Waals surface area contributed by atoms with Crippen molar-refractivity contribution in [1.82, 2.24) is 0 Å². The number of likely N-dealkylation sites (N-methyl/N-ethyl adjacent to an activating group) is 1. The number of anilines is 1. The molecular formula is C16H12ClN3O4. The second-order valence-corrected chi connectivity index (χ2v) is 5.15. The first-order chi connectivity index (χ1) is 11.4. The number of amides is 1. The second-order valence-electron chi connectivity index (χ2n) is 4.74. The lowest BCUT2D eigenvalue weighted by molar-refractivity contribution is -0.384. The van der Waals surface area contributed by atoms with Crippen LogP contribution in [0.2, 0.25) is 5.02 Å². The molecule has 0 unspecified atom stereocenters. The van der Waals surface area contributed by atoms with Crippen LogP contribution in [0.1, 0.15) is 5.56 Å². The van der Waals surface area contributed by atoms with Gasteiger partial charge >= 0.3 is 0 Å². The summed E-state index contributed by atoms with van der Waals surface area (Å²) in [5.74, 6) is -0.183. The quantitative estimate of drug-likeness (QED) is 0.612. The summed E-state index contributed by atoms with van der Waals surface area (Å²) in [6.45, 7) is -0.339. The molecule has 0 heterocycles. The number of para-hydroxylation sites is 1. The molecule has 0 radical (unpaired) electrons. The zero-order chi connectivity index (χ0) is 17.7. The number of rotatable bonds is 5. The fraction of sp³-hybridized carbons (Fsp3) is 0.125. The molecule has 0 saturated heterocycles. The minimum Gasteiger partial charge on any atom is -0.482 e. The Balaban J connectivity index is 2.14. The number of hydrogen-bond acceptors (Lipinski definition) is 5. The maximum atomic E-state index is 12.2. The highest BCUT2D eigenvalue weighted by Crippen LogP contribution is 2.29. The van der Waals surface area contributed by atoms with E-state index in [2.05, 4.69) is 0 Å². The van der Waals surface area contributed by atoms with E-state index in [9.17, 15) is 14.9 Å². The van der Waals surface area contributed by atoms with E-state index in [4.69, 9.17) is 21.6 Å². The van der Waals surface area contributed by atoms with Crippen LogP contribution < -0.4 is 9.64 Å². The zero-order valence-electron chi connectivity index (χ0n) is 12.6. The van der Waals surface area contributed by atoms with Crippen LogP contribution in [-0.2, 0) is 4.79 Å². The summed E-state index contributed by atoms with van der Waals surface area (Å²) in [6.07, 6.45) is 0. The number of non-ortho nitro benzene ring substituents is 1. The summed E-state index contributed by atoms with van der Waals surface area (Å²) in [6, 6.07) is 12.3. The monoisotopic (exact) mass is 345 g/mol. The zero-order valence-corrected chi connectivity index (χ0v) is 13.4. The Bertz CT molecular complexity index is 832. The minimum absolute atomic E-state index is 0.176. The summed E-state index contributed by atoms with van der Waals surface area (Å²) in [4.78, 5) is 23.7. The van der Waals surface area contributed by atoms with Crippen molar-refractivity contribution < 1.29 is 14.5 Å². The van der Waals surface area contributed by atoms with Gasteiger partial charge in [0.15, 0.2) is 6.61 Å². The molecule has 0 fully saturated rings. The molecule has 0 aliphatic carbocycles. The Morgan fingerprint density at radius 1 is 1.38 bits per heavy atom. The number of hydrogen-bond donors (Lipinski definition) is 0. The van der Waals surface area contributed by atoms with Crippen molar-refractivity contribution in [2.45, 2.75) is 0 Å². The van der Waals surface area contributed by atoms with Crippen molar-refractivity contribution in [2.75, 3.05) is 18.6 Å².